The molecule has 126 valence electrons. The number of nitrogens with one attached hydrogen (secondary N) is 2. The lowest BCUT2D eigenvalue weighted by molar-refractivity contribution is -0.124. The van der Waals surface area contributed by atoms with Crippen LogP contribution >= 0.6 is 0 Å². The van der Waals surface area contributed by atoms with E-state index in [0.717, 1.165) is 12.0 Å². The molecule has 4 nitrogen and oxygen atoms in total. The highest BCUT2D eigenvalue weighted by Gasteiger charge is 2.26. The summed E-state index contributed by atoms with van der Waals surface area (Å²) in [6.07, 6.45) is 0.804. The van der Waals surface area contributed by atoms with Crippen molar-refractivity contribution in [2.45, 2.75) is 32.9 Å². The Morgan fingerprint density at radius 1 is 0.958 bits per heavy atom. The molecule has 2 aromatic rings. The van der Waals surface area contributed by atoms with E-state index in [1.807, 2.05) is 62.4 Å². The van der Waals surface area contributed by atoms with Gasteiger partial charge in [-0.2, -0.15) is 0 Å². The second-order valence-electron chi connectivity index (χ2n) is 5.91. The third-order valence-electron chi connectivity index (χ3n) is 4.13. The fourth-order valence-corrected chi connectivity index (χ4v) is 2.41. The van der Waals surface area contributed by atoms with Crippen LogP contribution in [0.4, 0.5) is 0 Å². The summed E-state index contributed by atoms with van der Waals surface area (Å²) < 4.78 is 0. The Morgan fingerprint density at radius 3 is 2.12 bits per heavy atom. The van der Waals surface area contributed by atoms with Crippen LogP contribution in [0, 0.1) is 5.92 Å². The lowest BCUT2D eigenvalue weighted by Gasteiger charge is -2.23. The van der Waals surface area contributed by atoms with Crippen molar-refractivity contribution < 1.29 is 9.59 Å². The monoisotopic (exact) mass is 324 g/mol. The van der Waals surface area contributed by atoms with Crippen molar-refractivity contribution in [2.24, 2.45) is 5.92 Å². The quantitative estimate of drug-likeness (QED) is 0.822. The first-order valence-corrected chi connectivity index (χ1v) is 8.29. The van der Waals surface area contributed by atoms with E-state index in [1.54, 1.807) is 12.1 Å². The lowest BCUT2D eigenvalue weighted by Crippen LogP contribution is -2.50. The minimum Gasteiger partial charge on any atom is -0.350 e. The van der Waals surface area contributed by atoms with Gasteiger partial charge in [0, 0.05) is 12.1 Å². The molecule has 2 unspecified atom stereocenters. The first-order valence-electron chi connectivity index (χ1n) is 8.29. The highest BCUT2D eigenvalue weighted by atomic mass is 16.2. The summed E-state index contributed by atoms with van der Waals surface area (Å²) in [6.45, 7) is 4.43. The third kappa shape index (κ3) is 4.95. The molecule has 0 aromatic heterocycles. The maximum atomic E-state index is 12.6. The van der Waals surface area contributed by atoms with E-state index in [1.165, 1.54) is 0 Å². The Morgan fingerprint density at radius 2 is 1.54 bits per heavy atom. The molecule has 0 saturated carbocycles. The Hall–Kier alpha value is -2.62. The van der Waals surface area contributed by atoms with E-state index in [2.05, 4.69) is 10.6 Å². The molecule has 2 amide bonds. The molecule has 0 aliphatic rings. The Kier molecular flexibility index (Phi) is 6.55. The summed E-state index contributed by atoms with van der Waals surface area (Å²) in [6, 6.07) is 18.1. The van der Waals surface area contributed by atoms with Crippen LogP contribution in [0.2, 0.25) is 0 Å². The predicted molar refractivity (Wildman–Crippen MR) is 95.4 cm³/mol. The maximum absolute atomic E-state index is 12.6. The number of rotatable bonds is 7. The van der Waals surface area contributed by atoms with Crippen LogP contribution in [0.1, 0.15) is 36.2 Å². The zero-order valence-corrected chi connectivity index (χ0v) is 14.2. The number of hydrogen-bond acceptors (Lipinski definition) is 2. The normalized spacial score (nSPS) is 12.9. The molecule has 2 atom stereocenters. The summed E-state index contributed by atoms with van der Waals surface area (Å²) in [5, 5.41) is 5.79. The number of carbonyl (C=O) groups excluding carboxylic acids is 2. The molecule has 0 heterocycles. The molecule has 4 heteroatoms. The van der Waals surface area contributed by atoms with Crippen LogP contribution in [-0.2, 0) is 11.3 Å². The van der Waals surface area contributed by atoms with Crippen LogP contribution < -0.4 is 10.6 Å². The van der Waals surface area contributed by atoms with Gasteiger partial charge in [-0.15, -0.1) is 0 Å². The molecule has 0 bridgehead atoms. The molecule has 2 aromatic carbocycles. The molecule has 0 aliphatic heterocycles. The van der Waals surface area contributed by atoms with Crippen LogP contribution in [0.15, 0.2) is 60.7 Å². The number of benzene rings is 2. The molecule has 0 spiro atoms. The zero-order chi connectivity index (χ0) is 17.4. The first kappa shape index (κ1) is 17.7. The lowest BCUT2D eigenvalue weighted by atomic mass is 9.97. The highest BCUT2D eigenvalue weighted by Crippen LogP contribution is 2.10. The van der Waals surface area contributed by atoms with Crippen LogP contribution in [0.5, 0.6) is 0 Å². The van der Waals surface area contributed by atoms with Gasteiger partial charge in [-0.1, -0.05) is 68.8 Å². The largest absolute Gasteiger partial charge is 0.350 e. The minimum atomic E-state index is -0.550. The molecule has 24 heavy (non-hydrogen) atoms. The molecule has 0 aliphatic carbocycles. The Balaban J connectivity index is 2.02. The van der Waals surface area contributed by atoms with Gasteiger partial charge in [0.25, 0.3) is 5.91 Å². The summed E-state index contributed by atoms with van der Waals surface area (Å²) in [5.41, 5.74) is 1.59. The molecule has 0 saturated heterocycles. The smallest absolute Gasteiger partial charge is 0.251 e. The van der Waals surface area contributed by atoms with Crippen molar-refractivity contribution in [1.29, 1.82) is 0 Å². The average molecular weight is 324 g/mol. The minimum absolute atomic E-state index is 0.0495. The van der Waals surface area contributed by atoms with Gasteiger partial charge in [-0.25, -0.2) is 0 Å². The molecule has 2 N–H and O–H groups in total. The fraction of sp³-hybridized carbons (Fsp3) is 0.300. The number of hydrogen-bond donors (Lipinski definition) is 2. The zero-order valence-electron chi connectivity index (χ0n) is 14.2. The van der Waals surface area contributed by atoms with E-state index < -0.39 is 6.04 Å². The highest BCUT2D eigenvalue weighted by molar-refractivity contribution is 5.97. The van der Waals surface area contributed by atoms with Gasteiger partial charge >= 0.3 is 0 Å². The molecule has 0 fully saturated rings. The average Bonchev–Trinajstić information content (AvgIpc) is 2.65. The molecular weight excluding hydrogens is 300 g/mol. The summed E-state index contributed by atoms with van der Waals surface area (Å²) in [7, 11) is 0. The maximum Gasteiger partial charge on any atom is 0.251 e. The summed E-state index contributed by atoms with van der Waals surface area (Å²) >= 11 is 0. The van der Waals surface area contributed by atoms with Gasteiger partial charge in [0.1, 0.15) is 6.04 Å². The Labute approximate surface area is 143 Å². The van der Waals surface area contributed by atoms with Crippen molar-refractivity contribution >= 4 is 11.8 Å². The van der Waals surface area contributed by atoms with Crippen molar-refractivity contribution in [3.05, 3.63) is 71.8 Å². The van der Waals surface area contributed by atoms with Crippen molar-refractivity contribution in [3.63, 3.8) is 0 Å². The van der Waals surface area contributed by atoms with Gasteiger partial charge < -0.3 is 10.6 Å². The van der Waals surface area contributed by atoms with E-state index >= 15 is 0 Å². The van der Waals surface area contributed by atoms with Crippen molar-refractivity contribution in [1.82, 2.24) is 10.6 Å². The van der Waals surface area contributed by atoms with Gasteiger partial charge in [0.05, 0.1) is 0 Å². The van der Waals surface area contributed by atoms with Crippen LogP contribution in [0.25, 0.3) is 0 Å². The first-order chi connectivity index (χ1) is 11.6. The van der Waals surface area contributed by atoms with Crippen LogP contribution in [0.3, 0.4) is 0 Å². The molecule has 0 radical (unpaired) electrons. The van der Waals surface area contributed by atoms with Gasteiger partial charge in [-0.3, -0.25) is 9.59 Å². The standard InChI is InChI=1S/C20H24N2O2/c1-3-15(2)18(22-19(23)17-12-8-5-9-13-17)20(24)21-14-16-10-6-4-7-11-16/h4-13,15,18H,3,14H2,1-2H3,(H,21,24)(H,22,23). The van der Waals surface area contributed by atoms with Gasteiger partial charge in [0.2, 0.25) is 5.91 Å². The topological polar surface area (TPSA) is 58.2 Å². The van der Waals surface area contributed by atoms with Gasteiger partial charge in [-0.05, 0) is 23.6 Å². The van der Waals surface area contributed by atoms with E-state index in [0.29, 0.717) is 12.1 Å². The predicted octanol–water partition coefficient (Wildman–Crippen LogP) is 3.15. The van der Waals surface area contributed by atoms with Crippen LogP contribution in [-0.4, -0.2) is 17.9 Å². The van der Waals surface area contributed by atoms with Gasteiger partial charge in [0.15, 0.2) is 0 Å². The molecular formula is C20H24N2O2. The number of carbonyl (C=O) groups is 2. The Bertz CT molecular complexity index is 656. The molecule has 2 rings (SSSR count). The fourth-order valence-electron chi connectivity index (χ4n) is 2.41. The van der Waals surface area contributed by atoms with Crippen molar-refractivity contribution in [2.75, 3.05) is 0 Å². The van der Waals surface area contributed by atoms with E-state index in [9.17, 15) is 9.59 Å². The summed E-state index contributed by atoms with van der Waals surface area (Å²) in [5.74, 6) is -0.332. The third-order valence-corrected chi connectivity index (χ3v) is 4.13. The second-order valence-corrected chi connectivity index (χ2v) is 5.91. The number of amides is 2. The SMILES string of the molecule is CCC(C)C(NC(=O)c1ccccc1)C(=O)NCc1ccccc1. The second kappa shape index (κ2) is 8.87. The van der Waals surface area contributed by atoms with Crippen molar-refractivity contribution in [3.8, 4) is 0 Å². The summed E-state index contributed by atoms with van der Waals surface area (Å²) in [4.78, 5) is 24.9. The van der Waals surface area contributed by atoms with E-state index in [-0.39, 0.29) is 17.7 Å². The van der Waals surface area contributed by atoms with E-state index in [4.69, 9.17) is 0 Å².